The maximum absolute atomic E-state index is 12.7. The molecule has 0 bridgehead atoms. The maximum atomic E-state index is 12.7. The van der Waals surface area contributed by atoms with Crippen molar-refractivity contribution in [3.05, 3.63) is 98.6 Å². The number of rotatable bonds is 8. The second-order valence-electron chi connectivity index (χ2n) is 7.03. The number of nitrogens with zero attached hydrogens (tertiary/aromatic N) is 2. The fourth-order valence-corrected chi connectivity index (χ4v) is 4.04. The summed E-state index contributed by atoms with van der Waals surface area (Å²) in [6.07, 6.45) is 0. The molecule has 0 atom stereocenters. The molecule has 0 radical (unpaired) electrons. The quantitative estimate of drug-likeness (QED) is 0.268. The smallest absolute Gasteiger partial charge is 0.269 e. The fourth-order valence-electron chi connectivity index (χ4n) is 2.88. The minimum absolute atomic E-state index is 0.0205. The molecule has 3 aromatic rings. The van der Waals surface area contributed by atoms with E-state index in [1.54, 1.807) is 12.1 Å². The Bertz CT molecular complexity index is 1070. The van der Waals surface area contributed by atoms with Gasteiger partial charge in [0.05, 0.1) is 10.6 Å². The van der Waals surface area contributed by atoms with Crippen LogP contribution in [0.2, 0.25) is 5.02 Å². The maximum Gasteiger partial charge on any atom is 0.269 e. The third-order valence-corrected chi connectivity index (χ3v) is 6.11. The van der Waals surface area contributed by atoms with Crippen LogP contribution in [0.25, 0.3) is 0 Å². The number of nitrogens with one attached hydrogen (secondary N) is 1. The molecule has 3 aromatic carbocycles. The first-order valence-corrected chi connectivity index (χ1v) is 10.8. The van der Waals surface area contributed by atoms with E-state index in [4.69, 9.17) is 11.6 Å². The van der Waals surface area contributed by atoms with Gasteiger partial charge in [-0.1, -0.05) is 47.5 Å². The predicted octanol–water partition coefficient (Wildman–Crippen LogP) is 5.70. The van der Waals surface area contributed by atoms with Crippen LogP contribution in [-0.4, -0.2) is 17.4 Å². The van der Waals surface area contributed by atoms with Crippen LogP contribution < -0.4 is 9.62 Å². The van der Waals surface area contributed by atoms with Gasteiger partial charge in [-0.15, -0.1) is 0 Å². The lowest BCUT2D eigenvalue weighted by Gasteiger charge is -2.25. The molecular formula is C23H22ClN3O3S. The van der Waals surface area contributed by atoms with Crippen LogP contribution in [0.4, 0.5) is 11.4 Å². The molecule has 3 rings (SSSR count). The molecule has 6 nitrogen and oxygen atoms in total. The van der Waals surface area contributed by atoms with Gasteiger partial charge in [-0.05, 0) is 61.2 Å². The molecule has 0 unspecified atom stereocenters. The van der Waals surface area contributed by atoms with Crippen molar-refractivity contribution < 1.29 is 9.72 Å². The van der Waals surface area contributed by atoms with E-state index in [1.807, 2.05) is 60.6 Å². The summed E-state index contributed by atoms with van der Waals surface area (Å²) >= 11 is 7.78. The molecule has 0 aliphatic rings. The summed E-state index contributed by atoms with van der Waals surface area (Å²) in [6.45, 7) is 4.36. The lowest BCUT2D eigenvalue weighted by molar-refractivity contribution is -0.384. The van der Waals surface area contributed by atoms with Crippen LogP contribution in [0.1, 0.15) is 16.7 Å². The first kappa shape index (κ1) is 22.7. The topological polar surface area (TPSA) is 75.5 Å². The Morgan fingerprint density at radius 3 is 2.39 bits per heavy atom. The molecule has 0 saturated heterocycles. The molecule has 0 saturated carbocycles. The Morgan fingerprint density at radius 2 is 1.74 bits per heavy atom. The van der Waals surface area contributed by atoms with Gasteiger partial charge in [0.25, 0.3) is 5.69 Å². The summed E-state index contributed by atoms with van der Waals surface area (Å²) in [6, 6.07) is 19.8. The highest BCUT2D eigenvalue weighted by Crippen LogP contribution is 2.34. The standard InChI is InChI=1S/C23H22ClN3O3S/c1-16-6-12-20(13-7-16)31-26(22-5-3-4-21(24)17(22)2)15-23(28)25-14-18-8-10-19(11-9-18)27(29)30/h3-13H,14-15H2,1-2H3,(H,25,28). The summed E-state index contributed by atoms with van der Waals surface area (Å²) in [5.41, 5.74) is 3.73. The number of nitro groups is 1. The number of halogens is 1. The van der Waals surface area contributed by atoms with E-state index in [9.17, 15) is 14.9 Å². The number of nitro benzene ring substituents is 1. The molecule has 0 aliphatic carbocycles. The third kappa shape index (κ3) is 6.23. The van der Waals surface area contributed by atoms with E-state index in [-0.39, 0.29) is 24.7 Å². The van der Waals surface area contributed by atoms with Crippen molar-refractivity contribution in [1.82, 2.24) is 5.32 Å². The van der Waals surface area contributed by atoms with Crippen LogP contribution in [0.5, 0.6) is 0 Å². The fraction of sp³-hybridized carbons (Fsp3) is 0.174. The number of carbonyl (C=O) groups is 1. The molecule has 1 N–H and O–H groups in total. The first-order valence-electron chi connectivity index (χ1n) is 9.61. The Balaban J connectivity index is 1.72. The van der Waals surface area contributed by atoms with Crippen LogP contribution in [0, 0.1) is 24.0 Å². The van der Waals surface area contributed by atoms with Crippen LogP contribution in [0.3, 0.4) is 0 Å². The van der Waals surface area contributed by atoms with Crippen molar-refractivity contribution in [2.75, 3.05) is 10.8 Å². The van der Waals surface area contributed by atoms with Crippen LogP contribution in [-0.2, 0) is 11.3 Å². The highest BCUT2D eigenvalue weighted by atomic mass is 35.5. The Labute approximate surface area is 190 Å². The van der Waals surface area contributed by atoms with Crippen LogP contribution in [0.15, 0.2) is 71.6 Å². The van der Waals surface area contributed by atoms with Gasteiger partial charge >= 0.3 is 0 Å². The van der Waals surface area contributed by atoms with E-state index in [0.717, 1.165) is 27.3 Å². The highest BCUT2D eigenvalue weighted by Gasteiger charge is 2.17. The predicted molar refractivity (Wildman–Crippen MR) is 126 cm³/mol. The van der Waals surface area contributed by atoms with E-state index < -0.39 is 4.92 Å². The minimum Gasteiger partial charge on any atom is -0.350 e. The normalized spacial score (nSPS) is 10.5. The second-order valence-corrected chi connectivity index (χ2v) is 8.53. The number of aryl methyl sites for hydroxylation is 1. The molecule has 31 heavy (non-hydrogen) atoms. The number of hydrogen-bond donors (Lipinski definition) is 1. The molecular weight excluding hydrogens is 434 g/mol. The number of benzene rings is 3. The van der Waals surface area contributed by atoms with Crippen molar-refractivity contribution in [3.63, 3.8) is 0 Å². The van der Waals surface area contributed by atoms with Gasteiger partial charge in [0, 0.05) is 28.6 Å². The lowest BCUT2D eigenvalue weighted by Crippen LogP contribution is -2.33. The van der Waals surface area contributed by atoms with Crippen molar-refractivity contribution in [2.45, 2.75) is 25.3 Å². The summed E-state index contributed by atoms with van der Waals surface area (Å²) in [7, 11) is 0. The second kappa shape index (κ2) is 10.3. The van der Waals surface area contributed by atoms with Crippen molar-refractivity contribution in [2.24, 2.45) is 0 Å². The molecule has 0 aromatic heterocycles. The summed E-state index contributed by atoms with van der Waals surface area (Å²) in [5, 5.41) is 14.3. The minimum atomic E-state index is -0.449. The summed E-state index contributed by atoms with van der Waals surface area (Å²) in [4.78, 5) is 24.0. The van der Waals surface area contributed by atoms with Gasteiger partial charge in [0.1, 0.15) is 6.54 Å². The number of anilines is 1. The van der Waals surface area contributed by atoms with Gasteiger partial charge in [0.2, 0.25) is 5.91 Å². The van der Waals surface area contributed by atoms with Crippen molar-refractivity contribution in [1.29, 1.82) is 0 Å². The van der Waals surface area contributed by atoms with E-state index in [0.29, 0.717) is 5.02 Å². The number of non-ortho nitro benzene ring substituents is 1. The highest BCUT2D eigenvalue weighted by molar-refractivity contribution is 8.00. The summed E-state index contributed by atoms with van der Waals surface area (Å²) in [5.74, 6) is -0.169. The zero-order chi connectivity index (χ0) is 22.4. The Morgan fingerprint density at radius 1 is 1.06 bits per heavy atom. The third-order valence-electron chi connectivity index (χ3n) is 4.67. The number of hydrogen-bond acceptors (Lipinski definition) is 5. The largest absolute Gasteiger partial charge is 0.350 e. The SMILES string of the molecule is Cc1ccc(SN(CC(=O)NCc2ccc([N+](=O)[O-])cc2)c2cccc(Cl)c2C)cc1. The molecule has 0 spiro atoms. The van der Waals surface area contributed by atoms with Gasteiger partial charge < -0.3 is 9.62 Å². The molecule has 1 amide bonds. The average molecular weight is 456 g/mol. The molecule has 8 heteroatoms. The van der Waals surface area contributed by atoms with E-state index in [1.165, 1.54) is 24.1 Å². The van der Waals surface area contributed by atoms with Crippen LogP contribution >= 0.6 is 23.5 Å². The molecule has 0 heterocycles. The number of amides is 1. The van der Waals surface area contributed by atoms with E-state index in [2.05, 4.69) is 5.32 Å². The van der Waals surface area contributed by atoms with Crippen molar-refractivity contribution >= 4 is 40.8 Å². The molecule has 0 aliphatic heterocycles. The summed E-state index contributed by atoms with van der Waals surface area (Å²) < 4.78 is 1.91. The lowest BCUT2D eigenvalue weighted by atomic mass is 10.2. The zero-order valence-corrected chi connectivity index (χ0v) is 18.7. The van der Waals surface area contributed by atoms with Gasteiger partial charge in [0.15, 0.2) is 0 Å². The van der Waals surface area contributed by atoms with Gasteiger partial charge in [-0.25, -0.2) is 0 Å². The van der Waals surface area contributed by atoms with E-state index >= 15 is 0 Å². The number of carbonyl (C=O) groups excluding carboxylic acids is 1. The zero-order valence-electron chi connectivity index (χ0n) is 17.2. The first-order chi connectivity index (χ1) is 14.8. The monoisotopic (exact) mass is 455 g/mol. The Hall–Kier alpha value is -3.03. The van der Waals surface area contributed by atoms with Gasteiger partial charge in [-0.2, -0.15) is 0 Å². The van der Waals surface area contributed by atoms with Gasteiger partial charge in [-0.3, -0.25) is 14.9 Å². The average Bonchev–Trinajstić information content (AvgIpc) is 2.75. The molecule has 160 valence electrons. The van der Waals surface area contributed by atoms with Crippen molar-refractivity contribution in [3.8, 4) is 0 Å². The molecule has 0 fully saturated rings. The Kier molecular flexibility index (Phi) is 7.55.